The fraction of sp³-hybridized carbons (Fsp3) is 0.478. The fourth-order valence-corrected chi connectivity index (χ4v) is 5.09. The second kappa shape index (κ2) is 10.1. The number of halogens is 3. The topological polar surface area (TPSA) is 120 Å². The molecule has 4 N–H and O–H groups in total. The van der Waals surface area contributed by atoms with E-state index in [2.05, 4.69) is 20.6 Å². The molecule has 1 amide bonds. The van der Waals surface area contributed by atoms with E-state index in [0.29, 0.717) is 62.0 Å². The molecule has 0 radical (unpaired) electrons. The van der Waals surface area contributed by atoms with Gasteiger partial charge in [0, 0.05) is 31.2 Å². The average molecular weight is 522 g/mol. The number of anilines is 3. The van der Waals surface area contributed by atoms with E-state index in [0.717, 1.165) is 12.8 Å². The third-order valence-corrected chi connectivity index (χ3v) is 7.51. The van der Waals surface area contributed by atoms with Gasteiger partial charge in [0.2, 0.25) is 17.8 Å². The van der Waals surface area contributed by atoms with Gasteiger partial charge >= 0.3 is 0 Å². The summed E-state index contributed by atoms with van der Waals surface area (Å²) in [7, 11) is 0. The van der Waals surface area contributed by atoms with Crippen LogP contribution in [0.15, 0.2) is 18.3 Å². The molecule has 1 aliphatic heterocycles. The second-order valence-electron chi connectivity index (χ2n) is 8.99. The Morgan fingerprint density at radius 1 is 1.11 bits per heavy atom. The number of amides is 1. The predicted molar refractivity (Wildman–Crippen MR) is 133 cm³/mol. The first-order valence-electron chi connectivity index (χ1n) is 11.7. The van der Waals surface area contributed by atoms with Crippen molar-refractivity contribution >= 4 is 57.9 Å². The highest BCUT2D eigenvalue weighted by molar-refractivity contribution is 6.42. The lowest BCUT2D eigenvalue weighted by atomic mass is 9.85. The van der Waals surface area contributed by atoms with E-state index in [1.54, 1.807) is 6.20 Å². The average Bonchev–Trinajstić information content (AvgIpc) is 3.22. The number of imidazole rings is 1. The number of aromatic nitrogens is 4. The van der Waals surface area contributed by atoms with Crippen molar-refractivity contribution in [2.75, 3.05) is 23.8 Å². The van der Waals surface area contributed by atoms with E-state index in [-0.39, 0.29) is 39.6 Å². The third kappa shape index (κ3) is 5.00. The largest absolute Gasteiger partial charge is 0.381 e. The van der Waals surface area contributed by atoms with E-state index in [1.807, 2.05) is 4.57 Å². The maximum Gasteiger partial charge on any atom is 0.224 e. The maximum absolute atomic E-state index is 14.8. The molecule has 0 unspecified atom stereocenters. The lowest BCUT2D eigenvalue weighted by Gasteiger charge is -2.29. The lowest BCUT2D eigenvalue weighted by Crippen LogP contribution is -2.29. The van der Waals surface area contributed by atoms with E-state index in [9.17, 15) is 9.18 Å². The molecule has 12 heteroatoms. The van der Waals surface area contributed by atoms with E-state index < -0.39 is 5.82 Å². The number of nitrogens with zero attached hydrogens (tertiary/aromatic N) is 4. The zero-order valence-electron chi connectivity index (χ0n) is 18.9. The standard InChI is InChI=1S/C23H26Cl2FN7O2/c24-15-5-6-16(19(26)18(15)25)30-23-31-17-11-28-22(29-13-7-9-35-10-8-13)32-21(17)33(23)14-3-1-12(2-4-14)20(27)34/h5-6,11-14H,1-4,7-10H2,(H2,27,34)(H,30,31)(H,28,29,32). The summed E-state index contributed by atoms with van der Waals surface area (Å²) in [6.45, 7) is 1.40. The Morgan fingerprint density at radius 2 is 1.86 bits per heavy atom. The Hall–Kier alpha value is -2.69. The van der Waals surface area contributed by atoms with E-state index in [1.165, 1.54) is 12.1 Å². The number of ether oxygens (including phenoxy) is 1. The van der Waals surface area contributed by atoms with Crippen LogP contribution in [-0.2, 0) is 9.53 Å². The van der Waals surface area contributed by atoms with Crippen molar-refractivity contribution in [3.8, 4) is 0 Å². The van der Waals surface area contributed by atoms with Crippen molar-refractivity contribution in [2.24, 2.45) is 11.7 Å². The molecule has 0 atom stereocenters. The Bertz CT molecular complexity index is 1240. The van der Waals surface area contributed by atoms with Crippen molar-refractivity contribution in [1.29, 1.82) is 0 Å². The molecule has 3 aromatic rings. The highest BCUT2D eigenvalue weighted by Crippen LogP contribution is 2.38. The summed E-state index contributed by atoms with van der Waals surface area (Å²) in [6, 6.07) is 3.26. The summed E-state index contributed by atoms with van der Waals surface area (Å²) in [5, 5.41) is 6.42. The van der Waals surface area contributed by atoms with Crippen LogP contribution in [0.4, 0.5) is 22.0 Å². The second-order valence-corrected chi connectivity index (χ2v) is 9.78. The maximum atomic E-state index is 14.8. The summed E-state index contributed by atoms with van der Waals surface area (Å²) in [6.07, 6.45) is 6.17. The van der Waals surface area contributed by atoms with Crippen LogP contribution in [0.1, 0.15) is 44.6 Å². The molecule has 0 bridgehead atoms. The Labute approximate surface area is 211 Å². The minimum atomic E-state index is -0.664. The van der Waals surface area contributed by atoms with Crippen molar-refractivity contribution in [3.63, 3.8) is 0 Å². The molecule has 1 aliphatic carbocycles. The van der Waals surface area contributed by atoms with Gasteiger partial charge in [-0.2, -0.15) is 4.98 Å². The van der Waals surface area contributed by atoms with Crippen LogP contribution in [-0.4, -0.2) is 44.7 Å². The Balaban J connectivity index is 1.51. The van der Waals surface area contributed by atoms with Crippen LogP contribution in [0.5, 0.6) is 0 Å². The van der Waals surface area contributed by atoms with Gasteiger partial charge in [0.25, 0.3) is 0 Å². The lowest BCUT2D eigenvalue weighted by molar-refractivity contribution is -0.122. The number of nitrogens with one attached hydrogen (secondary N) is 2. The van der Waals surface area contributed by atoms with E-state index >= 15 is 0 Å². The molecule has 2 aromatic heterocycles. The van der Waals surface area contributed by atoms with Crippen molar-refractivity contribution in [2.45, 2.75) is 50.6 Å². The minimum Gasteiger partial charge on any atom is -0.381 e. The normalized spacial score (nSPS) is 21.2. The molecule has 0 spiro atoms. The number of hydrogen-bond acceptors (Lipinski definition) is 7. The summed E-state index contributed by atoms with van der Waals surface area (Å²) < 4.78 is 22.2. The van der Waals surface area contributed by atoms with Crippen LogP contribution < -0.4 is 16.4 Å². The number of fused-ring (bicyclic) bond motifs is 1. The highest BCUT2D eigenvalue weighted by Gasteiger charge is 2.29. The number of carbonyl (C=O) groups excluding carboxylic acids is 1. The Kier molecular flexibility index (Phi) is 6.95. The molecule has 186 valence electrons. The number of nitrogens with two attached hydrogens (primary N) is 1. The van der Waals surface area contributed by atoms with Crippen LogP contribution in [0, 0.1) is 11.7 Å². The van der Waals surface area contributed by atoms with Crippen molar-refractivity contribution in [3.05, 3.63) is 34.2 Å². The van der Waals surface area contributed by atoms with Gasteiger partial charge in [0.1, 0.15) is 5.52 Å². The van der Waals surface area contributed by atoms with Gasteiger partial charge < -0.3 is 21.1 Å². The quantitative estimate of drug-likeness (QED) is 0.397. The zero-order chi connectivity index (χ0) is 24.5. The molecular formula is C23H26Cl2FN7O2. The zero-order valence-corrected chi connectivity index (χ0v) is 20.4. The van der Waals surface area contributed by atoms with Crippen LogP contribution >= 0.6 is 23.2 Å². The summed E-state index contributed by atoms with van der Waals surface area (Å²) in [4.78, 5) is 25.6. The van der Waals surface area contributed by atoms with Crippen LogP contribution in [0.3, 0.4) is 0 Å². The van der Waals surface area contributed by atoms with Crippen LogP contribution in [0.25, 0.3) is 11.2 Å². The van der Waals surface area contributed by atoms with Crippen molar-refractivity contribution in [1.82, 2.24) is 19.5 Å². The Morgan fingerprint density at radius 3 is 2.57 bits per heavy atom. The fourth-order valence-electron chi connectivity index (χ4n) is 4.78. The molecule has 9 nitrogen and oxygen atoms in total. The third-order valence-electron chi connectivity index (χ3n) is 6.73. The molecule has 1 aromatic carbocycles. The first-order chi connectivity index (χ1) is 16.9. The van der Waals surface area contributed by atoms with Gasteiger partial charge in [-0.15, -0.1) is 0 Å². The number of benzene rings is 1. The van der Waals surface area contributed by atoms with Crippen LogP contribution in [0.2, 0.25) is 10.0 Å². The molecule has 1 saturated heterocycles. The molecule has 2 aliphatic rings. The monoisotopic (exact) mass is 521 g/mol. The van der Waals surface area contributed by atoms with Gasteiger partial charge in [-0.1, -0.05) is 23.2 Å². The summed E-state index contributed by atoms with van der Waals surface area (Å²) >= 11 is 12.0. The molecule has 2 fully saturated rings. The predicted octanol–water partition coefficient (Wildman–Crippen LogP) is 4.82. The SMILES string of the molecule is NC(=O)C1CCC(n2c(Nc3ccc(Cl)c(Cl)c3F)nc3cnc(NC4CCOCC4)nc32)CC1. The highest BCUT2D eigenvalue weighted by atomic mass is 35.5. The first-order valence-corrected chi connectivity index (χ1v) is 12.5. The molecule has 1 saturated carbocycles. The summed E-state index contributed by atoms with van der Waals surface area (Å²) in [5.74, 6) is -0.171. The van der Waals surface area contributed by atoms with Gasteiger partial charge in [-0.3, -0.25) is 9.36 Å². The smallest absolute Gasteiger partial charge is 0.224 e. The van der Waals surface area contributed by atoms with Gasteiger partial charge in [0.05, 0.1) is 21.9 Å². The van der Waals surface area contributed by atoms with Crippen molar-refractivity contribution < 1.29 is 13.9 Å². The number of hydrogen-bond donors (Lipinski definition) is 3. The van der Waals surface area contributed by atoms with Gasteiger partial charge in [0.15, 0.2) is 11.5 Å². The molecule has 5 rings (SSSR count). The number of carbonyl (C=O) groups is 1. The molecular weight excluding hydrogens is 496 g/mol. The minimum absolute atomic E-state index is 0.00485. The number of primary amides is 1. The molecule has 35 heavy (non-hydrogen) atoms. The first kappa shape index (κ1) is 24.0. The van der Waals surface area contributed by atoms with E-state index in [4.69, 9.17) is 38.7 Å². The van der Waals surface area contributed by atoms with Gasteiger partial charge in [-0.05, 0) is 50.7 Å². The number of rotatable bonds is 6. The van der Waals surface area contributed by atoms with Gasteiger partial charge in [-0.25, -0.2) is 14.4 Å². The molecule has 3 heterocycles. The summed E-state index contributed by atoms with van der Waals surface area (Å²) in [5.41, 5.74) is 6.88.